The highest BCUT2D eigenvalue weighted by atomic mass is 35.5. The molecule has 19 heavy (non-hydrogen) atoms. The zero-order valence-corrected chi connectivity index (χ0v) is 10.9. The van der Waals surface area contributed by atoms with E-state index in [0.717, 1.165) is 22.2 Å². The number of hydrogen-bond acceptors (Lipinski definition) is 1. The lowest BCUT2D eigenvalue weighted by molar-refractivity contribution is 0.627. The molecule has 1 aromatic heterocycles. The molecule has 0 aliphatic carbocycles. The summed E-state index contributed by atoms with van der Waals surface area (Å²) in [6, 6.07) is 12.6. The van der Waals surface area contributed by atoms with Crippen LogP contribution in [0, 0.1) is 5.82 Å². The number of nitrogen functional groups attached to an aromatic ring is 1. The molecule has 96 valence electrons. The number of anilines is 1. The Bertz CT molecular complexity index is 749. The highest BCUT2D eigenvalue weighted by Crippen LogP contribution is 2.23. The van der Waals surface area contributed by atoms with Gasteiger partial charge in [-0.3, -0.25) is 0 Å². The Kier molecular flexibility index (Phi) is 2.91. The van der Waals surface area contributed by atoms with Crippen LogP contribution in [-0.2, 0) is 6.54 Å². The highest BCUT2D eigenvalue weighted by molar-refractivity contribution is 6.30. The van der Waals surface area contributed by atoms with Gasteiger partial charge in [0.25, 0.3) is 0 Å². The van der Waals surface area contributed by atoms with Gasteiger partial charge in [0, 0.05) is 23.8 Å². The van der Waals surface area contributed by atoms with Crippen molar-refractivity contribution in [1.29, 1.82) is 0 Å². The molecule has 0 aliphatic rings. The van der Waals surface area contributed by atoms with Crippen LogP contribution in [0.1, 0.15) is 5.56 Å². The molecule has 0 bridgehead atoms. The lowest BCUT2D eigenvalue weighted by atomic mass is 10.2. The Hall–Kier alpha value is -2.00. The minimum Gasteiger partial charge on any atom is -0.398 e. The summed E-state index contributed by atoms with van der Waals surface area (Å²) in [5.74, 6) is -0.396. The van der Waals surface area contributed by atoms with Crippen molar-refractivity contribution in [2.45, 2.75) is 6.54 Å². The van der Waals surface area contributed by atoms with Crippen molar-refractivity contribution in [2.75, 3.05) is 5.73 Å². The first kappa shape index (κ1) is 12.1. The van der Waals surface area contributed by atoms with Gasteiger partial charge in [0.1, 0.15) is 5.82 Å². The van der Waals surface area contributed by atoms with Gasteiger partial charge in [-0.15, -0.1) is 0 Å². The maximum absolute atomic E-state index is 13.1. The summed E-state index contributed by atoms with van der Waals surface area (Å²) in [5, 5.41) is 1.17. The lowest BCUT2D eigenvalue weighted by Gasteiger charge is -2.07. The highest BCUT2D eigenvalue weighted by Gasteiger charge is 2.05. The van der Waals surface area contributed by atoms with Gasteiger partial charge in [0.05, 0.1) is 10.5 Å². The van der Waals surface area contributed by atoms with E-state index in [9.17, 15) is 4.39 Å². The molecule has 4 heteroatoms. The van der Waals surface area contributed by atoms with Crippen molar-refractivity contribution < 1.29 is 4.39 Å². The molecule has 2 nitrogen and oxygen atoms in total. The number of rotatable bonds is 2. The zero-order chi connectivity index (χ0) is 13.4. The summed E-state index contributed by atoms with van der Waals surface area (Å²) < 4.78 is 15.2. The van der Waals surface area contributed by atoms with Gasteiger partial charge in [-0.2, -0.15) is 0 Å². The van der Waals surface area contributed by atoms with Crippen LogP contribution in [0.2, 0.25) is 5.02 Å². The van der Waals surface area contributed by atoms with E-state index in [-0.39, 0.29) is 5.02 Å². The van der Waals surface area contributed by atoms with Crippen molar-refractivity contribution in [3.05, 3.63) is 65.1 Å². The standard InChI is InChI=1S/C15H12ClFN2/c16-12-8-10(4-5-13(12)17)9-19-7-6-11-14(18)2-1-3-15(11)19/h1-8H,9,18H2. The Labute approximate surface area is 115 Å². The molecule has 2 aromatic carbocycles. The number of hydrogen-bond donors (Lipinski definition) is 1. The largest absolute Gasteiger partial charge is 0.398 e. The average molecular weight is 275 g/mol. The number of fused-ring (bicyclic) bond motifs is 1. The summed E-state index contributed by atoms with van der Waals surface area (Å²) in [6.07, 6.45) is 1.97. The van der Waals surface area contributed by atoms with Crippen LogP contribution >= 0.6 is 11.6 Å². The average Bonchev–Trinajstić information content (AvgIpc) is 2.79. The summed E-state index contributed by atoms with van der Waals surface area (Å²) in [6.45, 7) is 0.632. The van der Waals surface area contributed by atoms with E-state index in [1.165, 1.54) is 6.07 Å². The van der Waals surface area contributed by atoms with E-state index in [2.05, 4.69) is 4.57 Å². The first-order valence-corrected chi connectivity index (χ1v) is 6.30. The van der Waals surface area contributed by atoms with Gasteiger partial charge in [-0.25, -0.2) is 4.39 Å². The van der Waals surface area contributed by atoms with Crippen LogP contribution < -0.4 is 5.73 Å². The molecule has 1 heterocycles. The third kappa shape index (κ3) is 2.17. The fraction of sp³-hybridized carbons (Fsp3) is 0.0667. The minimum atomic E-state index is -0.396. The van der Waals surface area contributed by atoms with Gasteiger partial charge in [0.2, 0.25) is 0 Å². The molecule has 0 radical (unpaired) electrons. The van der Waals surface area contributed by atoms with Crippen molar-refractivity contribution in [3.8, 4) is 0 Å². The van der Waals surface area contributed by atoms with E-state index in [4.69, 9.17) is 17.3 Å². The molecule has 2 N–H and O–H groups in total. The van der Waals surface area contributed by atoms with Gasteiger partial charge < -0.3 is 10.3 Å². The molecule has 0 aliphatic heterocycles. The summed E-state index contributed by atoms with van der Waals surface area (Å²) >= 11 is 5.79. The Morgan fingerprint density at radius 1 is 1.16 bits per heavy atom. The van der Waals surface area contributed by atoms with Crippen molar-refractivity contribution in [1.82, 2.24) is 4.57 Å². The minimum absolute atomic E-state index is 0.147. The Balaban J connectivity index is 2.01. The van der Waals surface area contributed by atoms with Crippen LogP contribution in [0.25, 0.3) is 10.9 Å². The molecule has 0 fully saturated rings. The van der Waals surface area contributed by atoms with Gasteiger partial charge in [-0.1, -0.05) is 23.7 Å². The van der Waals surface area contributed by atoms with Crippen molar-refractivity contribution in [2.24, 2.45) is 0 Å². The molecule has 0 amide bonds. The summed E-state index contributed by atoms with van der Waals surface area (Å²) in [5.41, 5.74) is 8.69. The number of nitrogens with zero attached hydrogens (tertiary/aromatic N) is 1. The quantitative estimate of drug-likeness (QED) is 0.702. The van der Waals surface area contributed by atoms with Crippen molar-refractivity contribution >= 4 is 28.2 Å². The predicted molar refractivity (Wildman–Crippen MR) is 76.9 cm³/mol. The second-order valence-corrected chi connectivity index (χ2v) is 4.88. The summed E-state index contributed by atoms with van der Waals surface area (Å²) in [4.78, 5) is 0. The van der Waals surface area contributed by atoms with Crippen LogP contribution in [0.4, 0.5) is 10.1 Å². The molecular weight excluding hydrogens is 263 g/mol. The topological polar surface area (TPSA) is 30.9 Å². The van der Waals surface area contributed by atoms with Crippen molar-refractivity contribution in [3.63, 3.8) is 0 Å². The van der Waals surface area contributed by atoms with E-state index >= 15 is 0 Å². The number of benzene rings is 2. The summed E-state index contributed by atoms with van der Waals surface area (Å²) in [7, 11) is 0. The number of nitrogens with two attached hydrogens (primary N) is 1. The van der Waals surface area contributed by atoms with Gasteiger partial charge in [-0.05, 0) is 35.9 Å². The van der Waals surface area contributed by atoms with Crippen LogP contribution in [0.15, 0.2) is 48.7 Å². The van der Waals surface area contributed by atoms with Gasteiger partial charge >= 0.3 is 0 Å². The molecule has 0 saturated carbocycles. The van der Waals surface area contributed by atoms with Crippen LogP contribution in [0.5, 0.6) is 0 Å². The number of halogens is 2. The molecule has 0 saturated heterocycles. The first-order valence-electron chi connectivity index (χ1n) is 5.92. The molecule has 0 unspecified atom stereocenters. The van der Waals surface area contributed by atoms with E-state index in [1.807, 2.05) is 30.5 Å². The number of aromatic nitrogens is 1. The molecule has 0 atom stereocenters. The monoisotopic (exact) mass is 274 g/mol. The maximum Gasteiger partial charge on any atom is 0.141 e. The van der Waals surface area contributed by atoms with E-state index in [1.54, 1.807) is 12.1 Å². The Morgan fingerprint density at radius 2 is 2.00 bits per heavy atom. The fourth-order valence-corrected chi connectivity index (χ4v) is 2.42. The van der Waals surface area contributed by atoms with Crippen LogP contribution in [0.3, 0.4) is 0 Å². The second-order valence-electron chi connectivity index (χ2n) is 4.47. The SMILES string of the molecule is Nc1cccc2c1ccn2Cc1ccc(F)c(Cl)c1. The maximum atomic E-state index is 13.1. The third-order valence-electron chi connectivity index (χ3n) is 3.18. The second kappa shape index (κ2) is 4.59. The third-order valence-corrected chi connectivity index (χ3v) is 3.47. The molecular formula is C15H12ClFN2. The van der Waals surface area contributed by atoms with E-state index < -0.39 is 5.82 Å². The molecule has 3 aromatic rings. The smallest absolute Gasteiger partial charge is 0.141 e. The molecule has 3 rings (SSSR count). The Morgan fingerprint density at radius 3 is 2.79 bits per heavy atom. The lowest BCUT2D eigenvalue weighted by Crippen LogP contribution is -1.98. The van der Waals surface area contributed by atoms with E-state index in [0.29, 0.717) is 6.54 Å². The zero-order valence-electron chi connectivity index (χ0n) is 10.1. The predicted octanol–water partition coefficient (Wildman–Crippen LogP) is 4.06. The molecule has 0 spiro atoms. The van der Waals surface area contributed by atoms with Crippen LogP contribution in [-0.4, -0.2) is 4.57 Å². The fourth-order valence-electron chi connectivity index (χ4n) is 2.22. The normalized spacial score (nSPS) is 11.1. The first-order chi connectivity index (χ1) is 9.15. The van der Waals surface area contributed by atoms with Gasteiger partial charge in [0.15, 0.2) is 0 Å².